The zero-order valence-electron chi connectivity index (χ0n) is 14.7. The zero-order chi connectivity index (χ0) is 16.2. The molecule has 2 fully saturated rings. The van der Waals surface area contributed by atoms with Gasteiger partial charge in [0.2, 0.25) is 0 Å². The fourth-order valence-electron chi connectivity index (χ4n) is 3.56. The first-order chi connectivity index (χ1) is 11.2. The Hall–Kier alpha value is -1.56. The van der Waals surface area contributed by atoms with Crippen LogP contribution in [0.4, 0.5) is 0 Å². The van der Waals surface area contributed by atoms with Crippen LogP contribution in [0.3, 0.4) is 0 Å². The summed E-state index contributed by atoms with van der Waals surface area (Å²) < 4.78 is 1.89. The molecule has 128 valence electrons. The minimum absolute atomic E-state index is 0.570. The van der Waals surface area contributed by atoms with Gasteiger partial charge in [-0.1, -0.05) is 6.92 Å². The van der Waals surface area contributed by atoms with Crippen molar-refractivity contribution < 1.29 is 0 Å². The largest absolute Gasteiger partial charge is 0.355 e. The maximum absolute atomic E-state index is 4.48. The smallest absolute Gasteiger partial charge is 0.193 e. The highest BCUT2D eigenvalue weighted by Crippen LogP contribution is 2.27. The van der Waals surface area contributed by atoms with Crippen molar-refractivity contribution in [3.05, 3.63) is 18.0 Å². The van der Waals surface area contributed by atoms with Crippen LogP contribution in [0.5, 0.6) is 0 Å². The molecule has 1 aliphatic heterocycles. The molecule has 1 unspecified atom stereocenters. The molecule has 1 aromatic heterocycles. The van der Waals surface area contributed by atoms with Gasteiger partial charge in [-0.25, -0.2) is 0 Å². The van der Waals surface area contributed by atoms with Crippen molar-refractivity contribution in [3.63, 3.8) is 0 Å². The van der Waals surface area contributed by atoms with Crippen LogP contribution in [0.15, 0.2) is 17.4 Å². The Morgan fingerprint density at radius 2 is 2.26 bits per heavy atom. The van der Waals surface area contributed by atoms with Gasteiger partial charge < -0.3 is 10.2 Å². The lowest BCUT2D eigenvalue weighted by atomic mass is 10.0. The topological polar surface area (TPSA) is 48.7 Å². The molecule has 0 bridgehead atoms. The molecule has 23 heavy (non-hydrogen) atoms. The Kier molecular flexibility index (Phi) is 5.20. The van der Waals surface area contributed by atoms with Crippen molar-refractivity contribution >= 4 is 5.96 Å². The van der Waals surface area contributed by atoms with Gasteiger partial charge in [-0.2, -0.15) is 5.10 Å². The summed E-state index contributed by atoms with van der Waals surface area (Å²) in [6, 6.07) is 0.838. The Bertz CT molecular complexity index is 533. The summed E-state index contributed by atoms with van der Waals surface area (Å²) in [7, 11) is 3.87. The van der Waals surface area contributed by atoms with Gasteiger partial charge in [0, 0.05) is 58.4 Å². The molecule has 0 radical (unpaired) electrons. The van der Waals surface area contributed by atoms with Crippen molar-refractivity contribution in [1.82, 2.24) is 24.9 Å². The summed E-state index contributed by atoms with van der Waals surface area (Å²) in [6.45, 7) is 7.60. The molecule has 1 aromatic rings. The van der Waals surface area contributed by atoms with E-state index in [4.69, 9.17) is 0 Å². The predicted molar refractivity (Wildman–Crippen MR) is 93.8 cm³/mol. The van der Waals surface area contributed by atoms with Crippen LogP contribution in [0.1, 0.15) is 37.7 Å². The van der Waals surface area contributed by atoms with Crippen molar-refractivity contribution in [3.8, 4) is 0 Å². The SMILES string of the molecule is CCN(CCNC(=NC)N1CCC(c2cnn(C)c2)C1)C1CC1. The Morgan fingerprint density at radius 1 is 1.43 bits per heavy atom. The summed E-state index contributed by atoms with van der Waals surface area (Å²) in [4.78, 5) is 9.43. The van der Waals surface area contributed by atoms with E-state index in [9.17, 15) is 0 Å². The Labute approximate surface area is 139 Å². The molecule has 3 rings (SSSR count). The minimum Gasteiger partial charge on any atom is -0.355 e. The molecule has 1 atom stereocenters. The first-order valence-corrected chi connectivity index (χ1v) is 8.89. The third kappa shape index (κ3) is 4.05. The molecular formula is C17H30N6. The van der Waals surface area contributed by atoms with Gasteiger partial charge in [0.1, 0.15) is 0 Å². The van der Waals surface area contributed by atoms with Gasteiger partial charge in [-0.15, -0.1) is 0 Å². The van der Waals surface area contributed by atoms with Crippen molar-refractivity contribution in [1.29, 1.82) is 0 Å². The maximum atomic E-state index is 4.48. The highest BCUT2D eigenvalue weighted by molar-refractivity contribution is 5.80. The van der Waals surface area contributed by atoms with Crippen LogP contribution in [0.25, 0.3) is 0 Å². The normalized spacial score (nSPS) is 22.2. The number of guanidine groups is 1. The number of hydrogen-bond acceptors (Lipinski definition) is 3. The Balaban J connectivity index is 1.47. The highest BCUT2D eigenvalue weighted by Gasteiger charge is 2.28. The second-order valence-electron chi connectivity index (χ2n) is 6.71. The van der Waals surface area contributed by atoms with Crippen LogP contribution < -0.4 is 5.32 Å². The van der Waals surface area contributed by atoms with Crippen molar-refractivity contribution in [2.24, 2.45) is 12.0 Å². The average molecular weight is 318 g/mol. The van der Waals surface area contributed by atoms with Crippen LogP contribution in [-0.2, 0) is 7.05 Å². The quantitative estimate of drug-likeness (QED) is 0.634. The third-order valence-corrected chi connectivity index (χ3v) is 5.05. The lowest BCUT2D eigenvalue weighted by Crippen LogP contribution is -2.43. The van der Waals surface area contributed by atoms with E-state index in [0.717, 1.165) is 44.7 Å². The minimum atomic E-state index is 0.570. The molecule has 1 saturated heterocycles. The number of aromatic nitrogens is 2. The summed E-state index contributed by atoms with van der Waals surface area (Å²) in [6.07, 6.45) is 8.07. The summed E-state index contributed by atoms with van der Waals surface area (Å²) in [5.41, 5.74) is 1.34. The third-order valence-electron chi connectivity index (χ3n) is 5.05. The van der Waals surface area contributed by atoms with E-state index in [2.05, 4.69) is 38.3 Å². The van der Waals surface area contributed by atoms with Crippen LogP contribution in [0.2, 0.25) is 0 Å². The fourth-order valence-corrected chi connectivity index (χ4v) is 3.56. The van der Waals surface area contributed by atoms with E-state index in [1.807, 2.05) is 25.0 Å². The van der Waals surface area contributed by atoms with E-state index >= 15 is 0 Å². The number of aryl methyl sites for hydroxylation is 1. The standard InChI is InChI=1S/C17H30N6/c1-4-22(16-5-6-16)10-8-19-17(18-2)23-9-7-14(13-23)15-11-20-21(3)12-15/h11-12,14,16H,4-10,13H2,1-3H3,(H,18,19). The second kappa shape index (κ2) is 7.34. The first-order valence-electron chi connectivity index (χ1n) is 8.89. The summed E-state index contributed by atoms with van der Waals surface area (Å²) in [5, 5.41) is 7.85. The Morgan fingerprint density at radius 3 is 2.87 bits per heavy atom. The van der Waals surface area contributed by atoms with Crippen LogP contribution in [-0.4, -0.2) is 71.4 Å². The van der Waals surface area contributed by atoms with Gasteiger partial charge in [0.05, 0.1) is 6.20 Å². The molecule has 1 N–H and O–H groups in total. The first kappa shape index (κ1) is 16.3. The van der Waals surface area contributed by atoms with Crippen LogP contribution >= 0.6 is 0 Å². The van der Waals surface area contributed by atoms with E-state index < -0.39 is 0 Å². The number of rotatable bonds is 6. The number of likely N-dealkylation sites (N-methyl/N-ethyl adjacent to an activating group) is 1. The maximum Gasteiger partial charge on any atom is 0.193 e. The molecule has 1 aliphatic carbocycles. The predicted octanol–water partition coefficient (Wildman–Crippen LogP) is 1.27. The van der Waals surface area contributed by atoms with E-state index in [0.29, 0.717) is 5.92 Å². The number of hydrogen-bond donors (Lipinski definition) is 1. The van der Waals surface area contributed by atoms with Crippen molar-refractivity contribution in [2.75, 3.05) is 39.8 Å². The van der Waals surface area contributed by atoms with Gasteiger partial charge in [0.25, 0.3) is 0 Å². The second-order valence-corrected chi connectivity index (χ2v) is 6.71. The van der Waals surface area contributed by atoms with Gasteiger partial charge in [-0.05, 0) is 31.4 Å². The summed E-state index contributed by atoms with van der Waals surface area (Å²) in [5.74, 6) is 1.61. The van der Waals surface area contributed by atoms with E-state index in [-0.39, 0.29) is 0 Å². The number of aliphatic imine (C=N–C) groups is 1. The van der Waals surface area contributed by atoms with E-state index in [1.165, 1.54) is 24.8 Å². The number of nitrogens with zero attached hydrogens (tertiary/aromatic N) is 5. The average Bonchev–Trinajstić information content (AvgIpc) is 3.11. The molecule has 2 heterocycles. The molecular weight excluding hydrogens is 288 g/mol. The lowest BCUT2D eigenvalue weighted by molar-refractivity contribution is 0.280. The lowest BCUT2D eigenvalue weighted by Gasteiger charge is -2.24. The number of nitrogens with one attached hydrogen (secondary N) is 1. The highest BCUT2D eigenvalue weighted by atomic mass is 15.3. The molecule has 6 heteroatoms. The molecule has 0 amide bonds. The van der Waals surface area contributed by atoms with Gasteiger partial charge >= 0.3 is 0 Å². The molecule has 6 nitrogen and oxygen atoms in total. The zero-order valence-corrected chi connectivity index (χ0v) is 14.7. The fraction of sp³-hybridized carbons (Fsp3) is 0.765. The molecule has 1 saturated carbocycles. The van der Waals surface area contributed by atoms with E-state index in [1.54, 1.807) is 0 Å². The van der Waals surface area contributed by atoms with Gasteiger partial charge in [0.15, 0.2) is 5.96 Å². The summed E-state index contributed by atoms with van der Waals surface area (Å²) >= 11 is 0. The number of likely N-dealkylation sites (tertiary alicyclic amines) is 1. The molecule has 0 aromatic carbocycles. The molecule has 0 spiro atoms. The van der Waals surface area contributed by atoms with Crippen LogP contribution in [0, 0.1) is 0 Å². The molecule has 2 aliphatic rings. The van der Waals surface area contributed by atoms with Crippen molar-refractivity contribution in [2.45, 2.75) is 38.1 Å². The van der Waals surface area contributed by atoms with Gasteiger partial charge in [-0.3, -0.25) is 14.6 Å². The monoisotopic (exact) mass is 318 g/mol.